The van der Waals surface area contributed by atoms with Crippen LogP contribution in [0.1, 0.15) is 5.56 Å². The number of benzene rings is 3. The predicted molar refractivity (Wildman–Crippen MR) is 160 cm³/mol. The normalized spacial score (nSPS) is 12.3. The zero-order valence-electron chi connectivity index (χ0n) is 24.0. The summed E-state index contributed by atoms with van der Waals surface area (Å²) in [5.74, 6) is 2.75. The van der Waals surface area contributed by atoms with E-state index in [4.69, 9.17) is 18.9 Å². The first kappa shape index (κ1) is 27.6. The second-order valence-corrected chi connectivity index (χ2v) is 9.62. The zero-order chi connectivity index (χ0) is 28.1. The van der Waals surface area contributed by atoms with Gasteiger partial charge in [0.1, 0.15) is 37.1 Å². The Morgan fingerprint density at radius 1 is 0.641 bits per heavy atom. The molecule has 0 aliphatic heterocycles. The topological polar surface area (TPSA) is 43.2 Å². The van der Waals surface area contributed by atoms with Crippen molar-refractivity contribution < 1.29 is 23.5 Å². The molecule has 3 aromatic rings. The lowest BCUT2D eigenvalue weighted by atomic mass is 10.00. The van der Waals surface area contributed by atoms with E-state index in [0.29, 0.717) is 23.0 Å². The minimum atomic E-state index is 0.688. The van der Waals surface area contributed by atoms with E-state index in [1.54, 1.807) is 28.4 Å². The summed E-state index contributed by atoms with van der Waals surface area (Å²) < 4.78 is 25.5. The Morgan fingerprint density at radius 3 is 1.59 bits per heavy atom. The summed E-state index contributed by atoms with van der Waals surface area (Å²) in [5, 5.41) is 1.80. The standard InChI is InChI=1S/C33H37N2O4/c1-34(2)26-13-9-22(10-14-26)24-17-30(36-5)28(31(18-24)37-6)21-29-32(38-7)19-25(20-33(29)39-8)23-11-15-27(16-12-23)35(3)4/h9-21H,1-8H3/q+1. The third-order valence-electron chi connectivity index (χ3n) is 6.81. The van der Waals surface area contributed by atoms with Gasteiger partial charge in [0.2, 0.25) is 0 Å². The number of hydrogen-bond donors (Lipinski definition) is 0. The van der Waals surface area contributed by atoms with Crippen molar-refractivity contribution in [2.24, 2.45) is 0 Å². The predicted octanol–water partition coefficient (Wildman–Crippen LogP) is 4.27. The highest BCUT2D eigenvalue weighted by Crippen LogP contribution is 2.36. The van der Waals surface area contributed by atoms with E-state index in [-0.39, 0.29) is 0 Å². The minimum Gasteiger partial charge on any atom is -0.496 e. The van der Waals surface area contributed by atoms with E-state index in [0.717, 1.165) is 44.1 Å². The van der Waals surface area contributed by atoms with Crippen LogP contribution in [0.5, 0.6) is 23.0 Å². The van der Waals surface area contributed by atoms with Crippen molar-refractivity contribution in [3.63, 3.8) is 0 Å². The second-order valence-electron chi connectivity index (χ2n) is 9.62. The van der Waals surface area contributed by atoms with Crippen molar-refractivity contribution in [2.45, 2.75) is 0 Å². The van der Waals surface area contributed by atoms with Crippen LogP contribution in [0.2, 0.25) is 0 Å². The van der Waals surface area contributed by atoms with Crippen molar-refractivity contribution in [1.29, 1.82) is 0 Å². The number of allylic oxidation sites excluding steroid dienone is 4. The van der Waals surface area contributed by atoms with Crippen molar-refractivity contribution in [3.8, 4) is 34.1 Å². The summed E-state index contributed by atoms with van der Waals surface area (Å²) in [7, 11) is 14.8. The molecule has 0 heterocycles. The molecule has 0 atom stereocenters. The van der Waals surface area contributed by atoms with Gasteiger partial charge in [0, 0.05) is 31.9 Å². The molecule has 0 spiro atoms. The van der Waals surface area contributed by atoms with Crippen molar-refractivity contribution in [3.05, 3.63) is 88.8 Å². The Hall–Kier alpha value is -4.45. The Bertz CT molecular complexity index is 1500. The Labute approximate surface area is 231 Å². The van der Waals surface area contributed by atoms with E-state index in [9.17, 15) is 0 Å². The highest BCUT2D eigenvalue weighted by Gasteiger charge is 2.15. The molecule has 6 nitrogen and oxygen atoms in total. The molecule has 0 saturated carbocycles. The molecule has 0 saturated heterocycles. The summed E-state index contributed by atoms with van der Waals surface area (Å²) in [6, 6.07) is 16.5. The molecule has 6 heteroatoms. The van der Waals surface area contributed by atoms with Crippen LogP contribution < -0.4 is 34.3 Å². The van der Waals surface area contributed by atoms with Gasteiger partial charge in [0.15, 0.2) is 5.71 Å². The van der Waals surface area contributed by atoms with Gasteiger partial charge in [-0.15, -0.1) is 0 Å². The summed E-state index contributed by atoms with van der Waals surface area (Å²) in [6.07, 6.45) is 10.4. The van der Waals surface area contributed by atoms with E-state index >= 15 is 0 Å². The maximum absolute atomic E-state index is 5.85. The molecule has 39 heavy (non-hydrogen) atoms. The smallest absolute Gasteiger partial charge is 0.199 e. The average molecular weight is 526 g/mol. The van der Waals surface area contributed by atoms with Crippen LogP contribution in [-0.2, 0) is 0 Å². The summed E-state index contributed by atoms with van der Waals surface area (Å²) in [6.45, 7) is 0. The SMILES string of the molecule is COc1cc(-c2ccc(N(C)C)cc2)cc(OC)c1C=c1c(OC)cc(=C2C=CC(=[N+](C)C)C=C2)cc1OC. The molecule has 3 aromatic carbocycles. The Morgan fingerprint density at radius 2 is 1.15 bits per heavy atom. The number of hydrogen-bond acceptors (Lipinski definition) is 5. The molecule has 1 aliphatic rings. The number of nitrogens with zero attached hydrogens (tertiary/aromatic N) is 2. The van der Waals surface area contributed by atoms with Gasteiger partial charge < -0.3 is 23.8 Å². The second kappa shape index (κ2) is 11.9. The fourth-order valence-electron chi connectivity index (χ4n) is 4.54. The molecule has 0 radical (unpaired) electrons. The maximum atomic E-state index is 5.85. The largest absolute Gasteiger partial charge is 0.496 e. The van der Waals surface area contributed by atoms with Gasteiger partial charge in [0.05, 0.1) is 39.2 Å². The van der Waals surface area contributed by atoms with Gasteiger partial charge >= 0.3 is 0 Å². The Balaban J connectivity index is 1.88. The number of anilines is 1. The van der Waals surface area contributed by atoms with Crippen molar-refractivity contribution >= 4 is 23.0 Å². The molecular weight excluding hydrogens is 488 g/mol. The van der Waals surface area contributed by atoms with E-state index in [1.165, 1.54) is 0 Å². The fourth-order valence-corrected chi connectivity index (χ4v) is 4.54. The van der Waals surface area contributed by atoms with Gasteiger partial charge in [-0.2, -0.15) is 0 Å². The lowest BCUT2D eigenvalue weighted by molar-refractivity contribution is -0.462. The molecule has 1 aliphatic carbocycles. The van der Waals surface area contributed by atoms with Gasteiger partial charge in [-0.1, -0.05) is 12.1 Å². The molecule has 4 rings (SSSR count). The Kier molecular flexibility index (Phi) is 8.45. The number of rotatable bonds is 7. The molecule has 202 valence electrons. The van der Waals surface area contributed by atoms with Crippen LogP contribution in [0.25, 0.3) is 22.8 Å². The number of methoxy groups -OCH3 is 4. The third kappa shape index (κ3) is 5.85. The first-order chi connectivity index (χ1) is 18.8. The highest BCUT2D eigenvalue weighted by atomic mass is 16.5. The lowest BCUT2D eigenvalue weighted by Gasteiger charge is -2.16. The number of ether oxygens (including phenoxy) is 4. The van der Waals surface area contributed by atoms with Crippen LogP contribution in [0.4, 0.5) is 5.69 Å². The first-order valence-electron chi connectivity index (χ1n) is 12.7. The van der Waals surface area contributed by atoms with Crippen LogP contribution in [0.15, 0.2) is 72.8 Å². The molecular formula is C33H37N2O4+. The fraction of sp³-hybridized carbons (Fsp3) is 0.242. The van der Waals surface area contributed by atoms with Crippen LogP contribution in [-0.4, -0.2) is 66.9 Å². The molecule has 0 unspecified atom stereocenters. The van der Waals surface area contributed by atoms with Gasteiger partial charge in [0.25, 0.3) is 0 Å². The highest BCUT2D eigenvalue weighted by molar-refractivity contribution is 6.05. The zero-order valence-corrected chi connectivity index (χ0v) is 24.0. The van der Waals surface area contributed by atoms with Gasteiger partial charge in [-0.05, 0) is 76.5 Å². The molecule has 0 N–H and O–H groups in total. The van der Waals surface area contributed by atoms with E-state index < -0.39 is 0 Å². The summed E-state index contributed by atoms with van der Waals surface area (Å²) in [4.78, 5) is 2.08. The van der Waals surface area contributed by atoms with Gasteiger partial charge in [-0.3, -0.25) is 0 Å². The van der Waals surface area contributed by atoms with Crippen LogP contribution >= 0.6 is 0 Å². The lowest BCUT2D eigenvalue weighted by Crippen LogP contribution is -2.18. The van der Waals surface area contributed by atoms with Crippen molar-refractivity contribution in [2.75, 3.05) is 61.5 Å². The third-order valence-corrected chi connectivity index (χ3v) is 6.81. The minimum absolute atomic E-state index is 0.688. The molecule has 0 bridgehead atoms. The van der Waals surface area contributed by atoms with E-state index in [1.807, 2.05) is 58.5 Å². The molecule has 0 aromatic heterocycles. The van der Waals surface area contributed by atoms with Crippen LogP contribution in [0.3, 0.4) is 0 Å². The quantitative estimate of drug-likeness (QED) is 0.431. The monoisotopic (exact) mass is 525 g/mol. The summed E-state index contributed by atoms with van der Waals surface area (Å²) >= 11 is 0. The molecule has 0 fully saturated rings. The molecule has 0 amide bonds. The average Bonchev–Trinajstić information content (AvgIpc) is 2.97. The summed E-state index contributed by atoms with van der Waals surface area (Å²) in [5.41, 5.74) is 6.22. The van der Waals surface area contributed by atoms with E-state index in [2.05, 4.69) is 58.0 Å². The first-order valence-corrected chi connectivity index (χ1v) is 12.7. The van der Waals surface area contributed by atoms with Gasteiger partial charge in [-0.25, -0.2) is 4.58 Å². The van der Waals surface area contributed by atoms with Crippen molar-refractivity contribution in [1.82, 2.24) is 0 Å². The maximum Gasteiger partial charge on any atom is 0.199 e. The van der Waals surface area contributed by atoms with Crippen LogP contribution in [0, 0.1) is 0 Å².